The summed E-state index contributed by atoms with van der Waals surface area (Å²) in [5, 5.41) is 6.68. The van der Waals surface area contributed by atoms with Crippen molar-refractivity contribution in [1.29, 1.82) is 0 Å². The minimum absolute atomic E-state index is 0.618. The Labute approximate surface area is 191 Å². The van der Waals surface area contributed by atoms with Crippen LogP contribution in [0.1, 0.15) is 5.56 Å². The molecule has 5 heterocycles. The van der Waals surface area contributed by atoms with Crippen molar-refractivity contribution in [2.24, 2.45) is 4.99 Å². The fourth-order valence-electron chi connectivity index (χ4n) is 4.46. The smallest absolute Gasteiger partial charge is 0.229 e. The molecule has 0 saturated carbocycles. The van der Waals surface area contributed by atoms with E-state index in [1.165, 1.54) is 10.7 Å². The Morgan fingerprint density at radius 3 is 2.59 bits per heavy atom. The molecule has 0 atom stereocenters. The van der Waals surface area contributed by atoms with Gasteiger partial charge >= 0.3 is 0 Å². The van der Waals surface area contributed by atoms with Crippen molar-refractivity contribution >= 4 is 45.4 Å². The second-order valence-corrected chi connectivity index (χ2v) is 9.30. The van der Waals surface area contributed by atoms with Gasteiger partial charge in [0.1, 0.15) is 5.82 Å². The summed E-state index contributed by atoms with van der Waals surface area (Å²) in [5.41, 5.74) is 3.38. The van der Waals surface area contributed by atoms with Crippen molar-refractivity contribution in [3.8, 4) is 0 Å². The molecule has 8 nitrogen and oxygen atoms in total. The molecule has 2 aromatic heterocycles. The normalized spacial score (nSPS) is 18.4. The molecule has 1 saturated heterocycles. The number of likely N-dealkylation sites (N-methyl/N-ethyl adjacent to an activating group) is 1. The van der Waals surface area contributed by atoms with Crippen LogP contribution in [0.25, 0.3) is 0 Å². The third-order valence-electron chi connectivity index (χ3n) is 6.25. The summed E-state index contributed by atoms with van der Waals surface area (Å²) in [5.74, 6) is 2.56. The van der Waals surface area contributed by atoms with Gasteiger partial charge in [0.2, 0.25) is 11.9 Å². The van der Waals surface area contributed by atoms with Crippen LogP contribution in [-0.2, 0) is 6.54 Å². The van der Waals surface area contributed by atoms with E-state index >= 15 is 0 Å². The zero-order valence-corrected chi connectivity index (χ0v) is 18.9. The van der Waals surface area contributed by atoms with Gasteiger partial charge in [-0.05, 0) is 48.8 Å². The number of piperazine rings is 1. The zero-order valence-electron chi connectivity index (χ0n) is 18.1. The van der Waals surface area contributed by atoms with Crippen LogP contribution in [0.15, 0.2) is 53.0 Å². The number of aliphatic imine (C=N–C) groups is 1. The number of aromatic nitrogens is 2. The number of hydrogen-bond acceptors (Lipinski definition) is 9. The molecule has 0 amide bonds. The molecule has 3 aliphatic rings. The number of rotatable bonds is 4. The molecule has 0 radical (unpaired) electrons. The van der Waals surface area contributed by atoms with Crippen LogP contribution < -0.4 is 20.0 Å². The first-order valence-electron chi connectivity index (χ1n) is 11.0. The molecule has 1 fully saturated rings. The second-order valence-electron chi connectivity index (χ2n) is 8.38. The highest BCUT2D eigenvalue weighted by Crippen LogP contribution is 2.34. The lowest BCUT2D eigenvalue weighted by atomic mass is 10.2. The maximum Gasteiger partial charge on any atom is 0.229 e. The van der Waals surface area contributed by atoms with E-state index in [0.29, 0.717) is 5.95 Å². The van der Waals surface area contributed by atoms with E-state index in [1.54, 1.807) is 11.3 Å². The fraction of sp³-hybridized carbons (Fsp3) is 0.348. The zero-order chi connectivity index (χ0) is 21.5. The van der Waals surface area contributed by atoms with Crippen LogP contribution in [0.2, 0.25) is 0 Å². The molecule has 32 heavy (non-hydrogen) atoms. The number of nitrogens with zero attached hydrogens (tertiary/aromatic N) is 7. The number of fused-ring (bicyclic) bond motifs is 3. The summed E-state index contributed by atoms with van der Waals surface area (Å²) < 4.78 is 0. The lowest BCUT2D eigenvalue weighted by molar-refractivity contribution is 0.313. The third kappa shape index (κ3) is 3.57. The Balaban J connectivity index is 1.21. The molecule has 0 spiro atoms. The summed E-state index contributed by atoms with van der Waals surface area (Å²) >= 11 is 1.73. The molecule has 3 aliphatic heterocycles. The van der Waals surface area contributed by atoms with Gasteiger partial charge in [-0.2, -0.15) is 4.98 Å². The minimum atomic E-state index is 0.618. The van der Waals surface area contributed by atoms with Gasteiger partial charge in [-0.15, -0.1) is 11.3 Å². The molecule has 164 valence electrons. The number of thiophene rings is 1. The number of hydrogen-bond donors (Lipinski definition) is 1. The standard InChI is InChI=1S/C23H26N8S/c1-28-10-12-29(13-11-28)19-6-4-18(5-7-19)26-22-25-15-17-16-31(20-3-2-14-32-20)23-24-8-9-30(23)21(17)27-22/h2-7,14-15H,8-13,16H2,1H3,(H,25,26,27). The van der Waals surface area contributed by atoms with Gasteiger partial charge in [0.15, 0.2) is 0 Å². The number of nitrogens with one attached hydrogen (secondary N) is 1. The molecule has 0 bridgehead atoms. The Kier molecular flexibility index (Phi) is 4.92. The molecule has 3 aromatic rings. The van der Waals surface area contributed by atoms with E-state index in [4.69, 9.17) is 9.98 Å². The maximum absolute atomic E-state index is 4.87. The SMILES string of the molecule is CN1CCN(c2ccc(Nc3ncc4c(n3)N3CCN=C3N(c3cccs3)C4)cc2)CC1. The first kappa shape index (κ1) is 19.5. The van der Waals surface area contributed by atoms with Gasteiger partial charge in [0, 0.05) is 55.9 Å². The molecule has 9 heteroatoms. The predicted octanol–water partition coefficient (Wildman–Crippen LogP) is 3.23. The summed E-state index contributed by atoms with van der Waals surface area (Å²) in [6.45, 7) is 6.73. The van der Waals surface area contributed by atoms with Gasteiger partial charge in [0.25, 0.3) is 0 Å². The van der Waals surface area contributed by atoms with Crippen molar-refractivity contribution in [1.82, 2.24) is 14.9 Å². The first-order chi connectivity index (χ1) is 15.7. The number of anilines is 5. The predicted molar refractivity (Wildman–Crippen MR) is 132 cm³/mol. The van der Waals surface area contributed by atoms with E-state index in [0.717, 1.165) is 68.8 Å². The largest absolute Gasteiger partial charge is 0.369 e. The van der Waals surface area contributed by atoms with E-state index < -0.39 is 0 Å². The highest BCUT2D eigenvalue weighted by atomic mass is 32.1. The summed E-state index contributed by atoms with van der Waals surface area (Å²) in [7, 11) is 2.18. The van der Waals surface area contributed by atoms with E-state index in [2.05, 4.69) is 78.7 Å². The van der Waals surface area contributed by atoms with Crippen molar-refractivity contribution in [2.75, 3.05) is 66.3 Å². The molecular formula is C23H26N8S. The average Bonchev–Trinajstić information content (AvgIpc) is 3.53. The third-order valence-corrected chi connectivity index (χ3v) is 7.14. The lowest BCUT2D eigenvalue weighted by Crippen LogP contribution is -2.46. The molecule has 0 unspecified atom stereocenters. The van der Waals surface area contributed by atoms with Crippen LogP contribution >= 0.6 is 11.3 Å². The van der Waals surface area contributed by atoms with Crippen LogP contribution in [0, 0.1) is 0 Å². The quantitative estimate of drug-likeness (QED) is 0.660. The van der Waals surface area contributed by atoms with Crippen molar-refractivity contribution in [3.63, 3.8) is 0 Å². The first-order valence-corrected chi connectivity index (χ1v) is 11.9. The van der Waals surface area contributed by atoms with Crippen molar-refractivity contribution in [2.45, 2.75) is 6.54 Å². The van der Waals surface area contributed by atoms with E-state index in [9.17, 15) is 0 Å². The van der Waals surface area contributed by atoms with Gasteiger partial charge in [-0.1, -0.05) is 0 Å². The van der Waals surface area contributed by atoms with Crippen molar-refractivity contribution in [3.05, 3.63) is 53.5 Å². The van der Waals surface area contributed by atoms with Crippen LogP contribution in [0.4, 0.5) is 28.1 Å². The Morgan fingerprint density at radius 2 is 1.81 bits per heavy atom. The van der Waals surface area contributed by atoms with Gasteiger partial charge in [0.05, 0.1) is 18.1 Å². The average molecular weight is 447 g/mol. The summed E-state index contributed by atoms with van der Waals surface area (Å²) in [6, 6.07) is 12.8. The molecule has 6 rings (SSSR count). The molecule has 1 N–H and O–H groups in total. The molecular weight excluding hydrogens is 420 g/mol. The maximum atomic E-state index is 4.87. The topological polar surface area (TPSA) is 63.1 Å². The molecule has 0 aliphatic carbocycles. The Morgan fingerprint density at radius 1 is 0.969 bits per heavy atom. The van der Waals surface area contributed by atoms with Crippen LogP contribution in [-0.4, -0.2) is 67.1 Å². The highest BCUT2D eigenvalue weighted by Gasteiger charge is 2.34. The minimum Gasteiger partial charge on any atom is -0.369 e. The van der Waals surface area contributed by atoms with Gasteiger partial charge < -0.3 is 15.1 Å². The number of benzene rings is 1. The fourth-order valence-corrected chi connectivity index (χ4v) is 5.19. The van der Waals surface area contributed by atoms with E-state index in [1.807, 2.05) is 6.20 Å². The van der Waals surface area contributed by atoms with Crippen molar-refractivity contribution < 1.29 is 0 Å². The lowest BCUT2D eigenvalue weighted by Gasteiger charge is -2.35. The van der Waals surface area contributed by atoms with Crippen LogP contribution in [0.3, 0.4) is 0 Å². The van der Waals surface area contributed by atoms with E-state index in [-0.39, 0.29) is 0 Å². The monoisotopic (exact) mass is 446 g/mol. The molecule has 1 aromatic carbocycles. The second kappa shape index (κ2) is 8.07. The highest BCUT2D eigenvalue weighted by molar-refractivity contribution is 7.14. The summed E-state index contributed by atoms with van der Waals surface area (Å²) in [6.07, 6.45) is 1.94. The van der Waals surface area contributed by atoms with Gasteiger partial charge in [-0.25, -0.2) is 4.98 Å². The van der Waals surface area contributed by atoms with Crippen LogP contribution in [0.5, 0.6) is 0 Å². The number of guanidine groups is 1. The Hall–Kier alpha value is -3.17. The van der Waals surface area contributed by atoms with Gasteiger partial charge in [-0.3, -0.25) is 14.8 Å². The Bertz CT molecular complexity index is 1120. The summed E-state index contributed by atoms with van der Waals surface area (Å²) in [4.78, 5) is 23.5.